The molecule has 1 amide bonds. The highest BCUT2D eigenvalue weighted by atomic mass is 19.4. The van der Waals surface area contributed by atoms with Crippen LogP contribution >= 0.6 is 0 Å². The molecule has 2 aromatic carbocycles. The van der Waals surface area contributed by atoms with Gasteiger partial charge in [0, 0.05) is 18.3 Å². The van der Waals surface area contributed by atoms with Crippen molar-refractivity contribution in [3.05, 3.63) is 76.5 Å². The van der Waals surface area contributed by atoms with Crippen LogP contribution in [0.4, 0.5) is 18.9 Å². The van der Waals surface area contributed by atoms with E-state index in [0.717, 1.165) is 12.1 Å². The third-order valence-corrected chi connectivity index (χ3v) is 5.76. The number of carbonyl (C=O) groups is 2. The second-order valence-corrected chi connectivity index (χ2v) is 8.18. The van der Waals surface area contributed by atoms with Gasteiger partial charge in [-0.1, -0.05) is 18.2 Å². The van der Waals surface area contributed by atoms with Gasteiger partial charge in [-0.2, -0.15) is 18.4 Å². The van der Waals surface area contributed by atoms with Crippen LogP contribution in [0.1, 0.15) is 36.6 Å². The fourth-order valence-electron chi connectivity index (χ4n) is 4.03. The third kappa shape index (κ3) is 5.67. The summed E-state index contributed by atoms with van der Waals surface area (Å²) < 4.78 is 45.4. The van der Waals surface area contributed by atoms with Crippen LogP contribution in [0, 0.1) is 11.3 Å². The molecule has 1 aliphatic heterocycles. The van der Waals surface area contributed by atoms with Gasteiger partial charge in [-0.15, -0.1) is 0 Å². The van der Waals surface area contributed by atoms with Gasteiger partial charge in [0.05, 0.1) is 35.4 Å². The van der Waals surface area contributed by atoms with E-state index in [1.165, 1.54) is 42.8 Å². The average Bonchev–Trinajstić information content (AvgIpc) is 2.83. The molecule has 3 rings (SSSR count). The SMILES string of the molecule is CC(=O)NCCOC(=O)C1=C(C)N(c2cccc(C(F)(F)F)c2)C(O)N(C)C1c1ccc(C#N)cc1. The first-order chi connectivity index (χ1) is 17.0. The summed E-state index contributed by atoms with van der Waals surface area (Å²) in [7, 11) is 1.52. The van der Waals surface area contributed by atoms with Gasteiger partial charge in [-0.25, -0.2) is 4.79 Å². The third-order valence-electron chi connectivity index (χ3n) is 5.76. The van der Waals surface area contributed by atoms with Crippen molar-refractivity contribution in [3.8, 4) is 6.07 Å². The summed E-state index contributed by atoms with van der Waals surface area (Å²) in [5.74, 6) is -1.06. The van der Waals surface area contributed by atoms with Crippen molar-refractivity contribution < 1.29 is 32.6 Å². The van der Waals surface area contributed by atoms with Crippen molar-refractivity contribution in [2.45, 2.75) is 32.4 Å². The summed E-state index contributed by atoms with van der Waals surface area (Å²) in [6, 6.07) is 12.0. The summed E-state index contributed by atoms with van der Waals surface area (Å²) in [6.45, 7) is 2.77. The van der Waals surface area contributed by atoms with E-state index in [1.807, 2.05) is 6.07 Å². The minimum absolute atomic E-state index is 0.0310. The van der Waals surface area contributed by atoms with Crippen LogP contribution in [0.2, 0.25) is 0 Å². The maximum Gasteiger partial charge on any atom is 0.416 e. The van der Waals surface area contributed by atoms with E-state index in [4.69, 9.17) is 10.00 Å². The number of hydrogen-bond donors (Lipinski definition) is 2. The maximum atomic E-state index is 13.4. The van der Waals surface area contributed by atoms with E-state index >= 15 is 0 Å². The Morgan fingerprint density at radius 3 is 2.44 bits per heavy atom. The number of aliphatic hydroxyl groups is 1. The van der Waals surface area contributed by atoms with E-state index in [1.54, 1.807) is 24.3 Å². The van der Waals surface area contributed by atoms with E-state index in [0.29, 0.717) is 11.1 Å². The second kappa shape index (κ2) is 10.8. The van der Waals surface area contributed by atoms with Crippen LogP contribution in [0.3, 0.4) is 0 Å². The lowest BCUT2D eigenvalue weighted by molar-refractivity contribution is -0.141. The molecule has 8 nitrogen and oxygen atoms in total. The number of halogens is 3. The number of amides is 1. The first-order valence-corrected chi connectivity index (χ1v) is 10.9. The zero-order valence-corrected chi connectivity index (χ0v) is 19.8. The predicted octanol–water partition coefficient (Wildman–Crippen LogP) is 3.30. The number of carbonyl (C=O) groups excluding carboxylic acids is 2. The summed E-state index contributed by atoms with van der Waals surface area (Å²) in [4.78, 5) is 27.0. The Bertz CT molecular complexity index is 1210. The molecule has 0 bridgehead atoms. The van der Waals surface area contributed by atoms with Gasteiger partial charge >= 0.3 is 12.1 Å². The zero-order valence-electron chi connectivity index (χ0n) is 19.8. The molecular weight excluding hydrogens is 477 g/mol. The van der Waals surface area contributed by atoms with Crippen molar-refractivity contribution in [2.75, 3.05) is 25.1 Å². The van der Waals surface area contributed by atoms with Gasteiger partial charge in [0.25, 0.3) is 0 Å². The molecule has 2 aromatic rings. The van der Waals surface area contributed by atoms with E-state index in [-0.39, 0.29) is 36.0 Å². The highest BCUT2D eigenvalue weighted by Gasteiger charge is 2.42. The van der Waals surface area contributed by atoms with Crippen LogP contribution in [0.15, 0.2) is 59.8 Å². The lowest BCUT2D eigenvalue weighted by atomic mass is 9.92. The molecule has 0 saturated carbocycles. The monoisotopic (exact) mass is 502 g/mol. The lowest BCUT2D eigenvalue weighted by Gasteiger charge is -2.46. The normalized spacial score (nSPS) is 18.6. The Hall–Kier alpha value is -3.88. The van der Waals surface area contributed by atoms with Gasteiger partial charge in [0.2, 0.25) is 5.91 Å². The highest BCUT2D eigenvalue weighted by Crippen LogP contribution is 2.41. The molecule has 2 atom stereocenters. The van der Waals surface area contributed by atoms with E-state index in [9.17, 15) is 27.9 Å². The number of allylic oxidation sites excluding steroid dienone is 1. The molecule has 1 heterocycles. The molecule has 0 saturated heterocycles. The molecule has 0 fully saturated rings. The number of nitrogens with one attached hydrogen (secondary N) is 1. The van der Waals surface area contributed by atoms with Crippen LogP contribution in [-0.4, -0.2) is 48.4 Å². The smallest absolute Gasteiger partial charge is 0.416 e. The van der Waals surface area contributed by atoms with Crippen molar-refractivity contribution in [1.82, 2.24) is 10.2 Å². The van der Waals surface area contributed by atoms with Crippen LogP contribution < -0.4 is 10.2 Å². The topological polar surface area (TPSA) is 106 Å². The molecule has 2 unspecified atom stereocenters. The van der Waals surface area contributed by atoms with Crippen molar-refractivity contribution >= 4 is 17.6 Å². The van der Waals surface area contributed by atoms with Gasteiger partial charge in [-0.05, 0) is 49.9 Å². The fourth-order valence-corrected chi connectivity index (χ4v) is 4.03. The minimum atomic E-state index is -4.60. The molecule has 0 radical (unpaired) electrons. The second-order valence-electron chi connectivity index (χ2n) is 8.18. The summed E-state index contributed by atoms with van der Waals surface area (Å²) >= 11 is 0. The standard InChI is InChI=1S/C25H25F3N4O4/c1-15-21(23(34)36-12-11-30-16(2)33)22(18-9-7-17(14-29)8-10-18)31(3)24(35)32(15)20-6-4-5-19(13-20)25(26,27)28/h4-10,13,22,24,35H,11-12H2,1-3H3,(H,30,33). The number of aliphatic hydroxyl groups excluding tert-OH is 1. The molecule has 190 valence electrons. The highest BCUT2D eigenvalue weighted by molar-refractivity contribution is 5.92. The first kappa shape index (κ1) is 26.7. The van der Waals surface area contributed by atoms with Gasteiger partial charge < -0.3 is 20.1 Å². The van der Waals surface area contributed by atoms with Gasteiger partial charge in [0.1, 0.15) is 6.61 Å². The number of likely N-dealkylation sites (N-methyl/N-ethyl adjacent to an activating group) is 1. The molecular formula is C25H25F3N4O4. The molecule has 2 N–H and O–H groups in total. The number of benzene rings is 2. The van der Waals surface area contributed by atoms with Gasteiger partial charge in [0.15, 0.2) is 6.35 Å². The van der Waals surface area contributed by atoms with E-state index in [2.05, 4.69) is 5.32 Å². The number of esters is 1. The van der Waals surface area contributed by atoms with Crippen molar-refractivity contribution in [3.63, 3.8) is 0 Å². The number of rotatable bonds is 6. The fraction of sp³-hybridized carbons (Fsp3) is 0.320. The Kier molecular flexibility index (Phi) is 8.02. The van der Waals surface area contributed by atoms with E-state index < -0.39 is 30.1 Å². The lowest BCUT2D eigenvalue weighted by Crippen LogP contribution is -2.53. The molecule has 11 heteroatoms. The van der Waals surface area contributed by atoms with Crippen molar-refractivity contribution in [2.24, 2.45) is 0 Å². The Morgan fingerprint density at radius 2 is 1.86 bits per heavy atom. The van der Waals surface area contributed by atoms with Crippen molar-refractivity contribution in [1.29, 1.82) is 5.26 Å². The average molecular weight is 502 g/mol. The van der Waals surface area contributed by atoms with Crippen LogP contribution in [0.25, 0.3) is 0 Å². The Balaban J connectivity index is 2.10. The number of ether oxygens (including phenoxy) is 1. The largest absolute Gasteiger partial charge is 0.460 e. The van der Waals surface area contributed by atoms with Crippen LogP contribution in [0.5, 0.6) is 0 Å². The molecule has 0 aliphatic carbocycles. The molecule has 0 spiro atoms. The zero-order chi connectivity index (χ0) is 26.6. The maximum absolute atomic E-state index is 13.4. The number of nitriles is 1. The number of nitrogens with zero attached hydrogens (tertiary/aromatic N) is 3. The molecule has 1 aliphatic rings. The number of alkyl halides is 3. The summed E-state index contributed by atoms with van der Waals surface area (Å²) in [5.41, 5.74) is 0.363. The predicted molar refractivity (Wildman–Crippen MR) is 124 cm³/mol. The Labute approximate surface area is 206 Å². The first-order valence-electron chi connectivity index (χ1n) is 10.9. The minimum Gasteiger partial charge on any atom is -0.460 e. The molecule has 0 aromatic heterocycles. The number of anilines is 1. The molecule has 36 heavy (non-hydrogen) atoms. The quantitative estimate of drug-likeness (QED) is 0.461. The summed E-state index contributed by atoms with van der Waals surface area (Å²) in [5, 5.41) is 22.8. The van der Waals surface area contributed by atoms with Crippen LogP contribution in [-0.2, 0) is 20.5 Å². The number of hydrogen-bond acceptors (Lipinski definition) is 7. The Morgan fingerprint density at radius 1 is 1.19 bits per heavy atom. The van der Waals surface area contributed by atoms with Gasteiger partial charge in [-0.3, -0.25) is 9.69 Å². The summed E-state index contributed by atoms with van der Waals surface area (Å²) in [6.07, 6.45) is -6.03.